The molecular formula is C14H16N2O4S2. The minimum atomic E-state index is -0.672. The number of rotatable bonds is 5. The third-order valence-electron chi connectivity index (χ3n) is 3.13. The fraction of sp³-hybridized carbons (Fsp3) is 0.357. The van der Waals surface area contributed by atoms with Crippen molar-refractivity contribution in [3.63, 3.8) is 0 Å². The van der Waals surface area contributed by atoms with E-state index in [0.29, 0.717) is 22.0 Å². The number of amides is 2. The average molecular weight is 340 g/mol. The van der Waals surface area contributed by atoms with E-state index >= 15 is 0 Å². The van der Waals surface area contributed by atoms with Crippen LogP contribution >= 0.6 is 23.1 Å². The zero-order valence-electron chi connectivity index (χ0n) is 12.3. The van der Waals surface area contributed by atoms with Crippen LogP contribution in [0.25, 0.3) is 0 Å². The molecule has 1 aliphatic rings. The van der Waals surface area contributed by atoms with Crippen LogP contribution in [0.3, 0.4) is 0 Å². The molecule has 0 aromatic carbocycles. The highest BCUT2D eigenvalue weighted by Gasteiger charge is 2.39. The number of Topliss-reactive ketones (excluding diaryl/α,β-unsaturated/α-hetero) is 1. The van der Waals surface area contributed by atoms with E-state index < -0.39 is 12.1 Å². The van der Waals surface area contributed by atoms with Crippen LogP contribution < -0.4 is 10.2 Å². The van der Waals surface area contributed by atoms with Crippen LogP contribution in [-0.4, -0.2) is 35.8 Å². The summed E-state index contributed by atoms with van der Waals surface area (Å²) in [6.07, 6.45) is 2.78. The first-order valence-corrected chi connectivity index (χ1v) is 8.76. The maximum absolute atomic E-state index is 12.3. The summed E-state index contributed by atoms with van der Waals surface area (Å²) in [4.78, 5) is 37.8. The van der Waals surface area contributed by atoms with Gasteiger partial charge in [0, 0.05) is 0 Å². The lowest BCUT2D eigenvalue weighted by molar-refractivity contribution is -0.117. The van der Waals surface area contributed by atoms with E-state index in [-0.39, 0.29) is 11.7 Å². The quantitative estimate of drug-likeness (QED) is 0.658. The van der Waals surface area contributed by atoms with Gasteiger partial charge in [0.2, 0.25) is 5.91 Å². The maximum atomic E-state index is 12.3. The predicted molar refractivity (Wildman–Crippen MR) is 88.9 cm³/mol. The summed E-state index contributed by atoms with van der Waals surface area (Å²) >= 11 is 2.75. The van der Waals surface area contributed by atoms with Crippen molar-refractivity contribution in [2.24, 2.45) is 0 Å². The van der Waals surface area contributed by atoms with E-state index in [2.05, 4.69) is 11.9 Å². The molecule has 0 aliphatic carbocycles. The third kappa shape index (κ3) is 3.17. The van der Waals surface area contributed by atoms with Crippen LogP contribution in [0.1, 0.15) is 23.0 Å². The summed E-state index contributed by atoms with van der Waals surface area (Å²) in [7, 11) is 0. The number of carbonyl (C=O) groups is 3. The van der Waals surface area contributed by atoms with Gasteiger partial charge in [0.05, 0.1) is 16.8 Å². The number of carbonyl (C=O) groups excluding carboxylic acids is 3. The number of anilines is 2. The normalized spacial score (nSPS) is 16.7. The van der Waals surface area contributed by atoms with Gasteiger partial charge in [-0.05, 0) is 31.4 Å². The molecule has 0 unspecified atom stereocenters. The van der Waals surface area contributed by atoms with Crippen molar-refractivity contribution >= 4 is 51.6 Å². The molecule has 0 fully saturated rings. The predicted octanol–water partition coefficient (Wildman–Crippen LogP) is 3.11. The van der Waals surface area contributed by atoms with Crippen molar-refractivity contribution in [3.8, 4) is 0 Å². The lowest BCUT2D eigenvalue weighted by Gasteiger charge is -2.33. The van der Waals surface area contributed by atoms with E-state index in [1.165, 1.54) is 11.8 Å². The topological polar surface area (TPSA) is 75.7 Å². The molecule has 0 spiro atoms. The van der Waals surface area contributed by atoms with Gasteiger partial charge in [0.25, 0.3) is 0 Å². The number of thioether (sulfide) groups is 1. The SMILES string of the molecule is C=COC(=O)N1c2sc(C(C)=O)cc2NC(=O)[C@@H]1CCSC. The van der Waals surface area contributed by atoms with Crippen molar-refractivity contribution in [3.05, 3.63) is 23.8 Å². The molecule has 0 bridgehead atoms. The Morgan fingerprint density at radius 2 is 2.32 bits per heavy atom. The van der Waals surface area contributed by atoms with Gasteiger partial charge in [-0.2, -0.15) is 11.8 Å². The number of nitrogens with one attached hydrogen (secondary N) is 1. The zero-order chi connectivity index (χ0) is 16.3. The third-order valence-corrected chi connectivity index (χ3v) is 5.01. The molecule has 8 heteroatoms. The van der Waals surface area contributed by atoms with Gasteiger partial charge >= 0.3 is 6.09 Å². The molecule has 2 heterocycles. The molecule has 0 saturated carbocycles. The summed E-state index contributed by atoms with van der Waals surface area (Å²) in [6, 6.07) is 0.921. The molecular weight excluding hydrogens is 324 g/mol. The molecule has 1 aliphatic heterocycles. The number of fused-ring (bicyclic) bond motifs is 1. The largest absolute Gasteiger partial charge is 0.420 e. The number of nitrogens with zero attached hydrogens (tertiary/aromatic N) is 1. The highest BCUT2D eigenvalue weighted by molar-refractivity contribution is 7.98. The molecule has 22 heavy (non-hydrogen) atoms. The molecule has 2 rings (SSSR count). The first kappa shape index (κ1) is 16.6. The first-order chi connectivity index (χ1) is 10.5. The average Bonchev–Trinajstić information content (AvgIpc) is 2.88. The Morgan fingerprint density at radius 3 is 2.91 bits per heavy atom. The Hall–Kier alpha value is -1.80. The molecule has 1 N–H and O–H groups in total. The lowest BCUT2D eigenvalue weighted by atomic mass is 10.1. The highest BCUT2D eigenvalue weighted by atomic mass is 32.2. The Balaban J connectivity index is 2.44. The van der Waals surface area contributed by atoms with Gasteiger partial charge in [-0.1, -0.05) is 6.58 Å². The van der Waals surface area contributed by atoms with E-state index in [1.54, 1.807) is 17.8 Å². The van der Waals surface area contributed by atoms with Crippen LogP contribution in [0.2, 0.25) is 0 Å². The standard InChI is InChI=1S/C14H16N2O4S2/c1-4-20-14(19)16-10(5-6-21-3)12(18)15-9-7-11(8(2)17)22-13(9)16/h4,7,10H,1,5-6H2,2-3H3,(H,15,18)/t10-/m0/s1. The molecule has 1 atom stereocenters. The molecule has 6 nitrogen and oxygen atoms in total. The minimum absolute atomic E-state index is 0.119. The molecule has 118 valence electrons. The first-order valence-electron chi connectivity index (χ1n) is 6.55. The Bertz CT molecular complexity index is 626. The Morgan fingerprint density at radius 1 is 1.59 bits per heavy atom. The number of ketones is 1. The van der Waals surface area contributed by atoms with E-state index in [0.717, 1.165) is 23.4 Å². The fourth-order valence-corrected chi connectivity index (χ4v) is 3.63. The second-order valence-corrected chi connectivity index (χ2v) is 6.61. The van der Waals surface area contributed by atoms with Gasteiger partial charge in [-0.15, -0.1) is 11.3 Å². The van der Waals surface area contributed by atoms with Gasteiger partial charge < -0.3 is 10.1 Å². The lowest BCUT2D eigenvalue weighted by Crippen LogP contribution is -2.50. The van der Waals surface area contributed by atoms with Crippen molar-refractivity contribution in [1.29, 1.82) is 0 Å². The summed E-state index contributed by atoms with van der Waals surface area (Å²) in [5.74, 6) is 0.317. The van der Waals surface area contributed by atoms with Crippen LogP contribution in [0.15, 0.2) is 18.9 Å². The second-order valence-electron chi connectivity index (χ2n) is 4.59. The zero-order valence-corrected chi connectivity index (χ0v) is 13.9. The van der Waals surface area contributed by atoms with Crippen molar-refractivity contribution < 1.29 is 19.1 Å². The van der Waals surface area contributed by atoms with Crippen LogP contribution in [0, 0.1) is 0 Å². The van der Waals surface area contributed by atoms with E-state index in [1.807, 2.05) is 6.26 Å². The van der Waals surface area contributed by atoms with Gasteiger partial charge in [0.15, 0.2) is 5.78 Å². The van der Waals surface area contributed by atoms with Crippen molar-refractivity contribution in [1.82, 2.24) is 0 Å². The van der Waals surface area contributed by atoms with Crippen LogP contribution in [0.5, 0.6) is 0 Å². The van der Waals surface area contributed by atoms with Gasteiger partial charge in [-0.25, -0.2) is 4.79 Å². The van der Waals surface area contributed by atoms with Crippen molar-refractivity contribution in [2.75, 3.05) is 22.2 Å². The molecule has 1 aromatic heterocycles. The highest BCUT2D eigenvalue weighted by Crippen LogP contribution is 2.41. The van der Waals surface area contributed by atoms with Crippen molar-refractivity contribution in [2.45, 2.75) is 19.4 Å². The maximum Gasteiger partial charge on any atom is 0.420 e. The smallest absolute Gasteiger partial charge is 0.419 e. The summed E-state index contributed by atoms with van der Waals surface area (Å²) < 4.78 is 4.85. The fourth-order valence-electron chi connectivity index (χ4n) is 2.13. The van der Waals surface area contributed by atoms with Crippen LogP contribution in [-0.2, 0) is 9.53 Å². The van der Waals surface area contributed by atoms with Crippen LogP contribution in [0.4, 0.5) is 15.5 Å². The molecule has 0 radical (unpaired) electrons. The Kier molecular flexibility index (Phi) is 5.25. The summed E-state index contributed by atoms with van der Waals surface area (Å²) in [5, 5.41) is 3.27. The van der Waals surface area contributed by atoms with E-state index in [9.17, 15) is 14.4 Å². The molecule has 2 amide bonds. The Labute approximate surface area is 136 Å². The monoisotopic (exact) mass is 340 g/mol. The van der Waals surface area contributed by atoms with Gasteiger partial charge in [-0.3, -0.25) is 14.5 Å². The second kappa shape index (κ2) is 6.97. The number of hydrogen-bond acceptors (Lipinski definition) is 6. The number of hydrogen-bond donors (Lipinski definition) is 1. The minimum Gasteiger partial charge on any atom is -0.419 e. The van der Waals surface area contributed by atoms with Gasteiger partial charge in [0.1, 0.15) is 11.0 Å². The number of thiophene rings is 1. The molecule has 0 saturated heterocycles. The summed E-state index contributed by atoms with van der Waals surface area (Å²) in [6.45, 7) is 4.81. The number of ether oxygens (including phenoxy) is 1. The van der Waals surface area contributed by atoms with E-state index in [4.69, 9.17) is 4.74 Å². The summed E-state index contributed by atoms with van der Waals surface area (Å²) in [5.41, 5.74) is 0.460. The molecule has 1 aromatic rings.